The topological polar surface area (TPSA) is 74.7 Å². The molecule has 0 saturated heterocycles. The minimum absolute atomic E-state index is 0.0578. The Morgan fingerprint density at radius 3 is 2.76 bits per heavy atom. The van der Waals surface area contributed by atoms with Crippen LogP contribution in [0.5, 0.6) is 0 Å². The predicted octanol–water partition coefficient (Wildman–Crippen LogP) is 0.938. The molecule has 0 fully saturated rings. The number of aromatic nitrogens is 1. The van der Waals surface area contributed by atoms with Crippen molar-refractivity contribution < 1.29 is 5.21 Å². The molecule has 17 heavy (non-hydrogen) atoms. The molecule has 0 saturated carbocycles. The summed E-state index contributed by atoms with van der Waals surface area (Å²) in [5.74, 6) is 0.336. The van der Waals surface area contributed by atoms with Gasteiger partial charge in [0.15, 0.2) is 0 Å². The molecule has 94 valence electrons. The van der Waals surface area contributed by atoms with Crippen LogP contribution in [-0.2, 0) is 6.42 Å². The second-order valence-corrected chi connectivity index (χ2v) is 4.29. The standard InChI is InChI=1S/C12H20N4O/c1-10(12(13)15-17)9-16(2)8-5-11-3-6-14-7-4-11/h3-4,6-7,10,17H,5,8-9H2,1-2H3,(H2,13,15). The maximum absolute atomic E-state index is 8.56. The van der Waals surface area contributed by atoms with Gasteiger partial charge in [0.2, 0.25) is 0 Å². The zero-order valence-corrected chi connectivity index (χ0v) is 10.4. The molecule has 5 nitrogen and oxygen atoms in total. The first-order chi connectivity index (χ1) is 8.13. The van der Waals surface area contributed by atoms with Crippen LogP contribution < -0.4 is 5.73 Å². The van der Waals surface area contributed by atoms with Crippen molar-refractivity contribution in [3.8, 4) is 0 Å². The van der Waals surface area contributed by atoms with Crippen molar-refractivity contribution in [1.82, 2.24) is 9.88 Å². The third-order valence-electron chi connectivity index (χ3n) is 2.74. The largest absolute Gasteiger partial charge is 0.409 e. The second-order valence-electron chi connectivity index (χ2n) is 4.29. The molecule has 0 spiro atoms. The molecule has 0 bridgehead atoms. The zero-order chi connectivity index (χ0) is 12.7. The van der Waals surface area contributed by atoms with Crippen molar-refractivity contribution in [3.05, 3.63) is 30.1 Å². The van der Waals surface area contributed by atoms with Gasteiger partial charge in [-0.15, -0.1) is 0 Å². The van der Waals surface area contributed by atoms with Crippen molar-refractivity contribution in [3.63, 3.8) is 0 Å². The lowest BCUT2D eigenvalue weighted by Gasteiger charge is -2.20. The van der Waals surface area contributed by atoms with Crippen LogP contribution in [0.1, 0.15) is 12.5 Å². The molecule has 3 N–H and O–H groups in total. The number of hydrogen-bond acceptors (Lipinski definition) is 4. The van der Waals surface area contributed by atoms with Crippen LogP contribution in [0.3, 0.4) is 0 Å². The summed E-state index contributed by atoms with van der Waals surface area (Å²) >= 11 is 0. The molecule has 1 atom stereocenters. The third-order valence-corrected chi connectivity index (χ3v) is 2.74. The van der Waals surface area contributed by atoms with Crippen molar-refractivity contribution in [2.24, 2.45) is 16.8 Å². The van der Waals surface area contributed by atoms with E-state index in [1.54, 1.807) is 12.4 Å². The summed E-state index contributed by atoms with van der Waals surface area (Å²) in [6.45, 7) is 3.66. The van der Waals surface area contributed by atoms with Crippen LogP contribution in [0.4, 0.5) is 0 Å². The van der Waals surface area contributed by atoms with Crippen LogP contribution in [0.2, 0.25) is 0 Å². The van der Waals surface area contributed by atoms with Gasteiger partial charge in [0.05, 0.1) is 0 Å². The van der Waals surface area contributed by atoms with E-state index < -0.39 is 0 Å². The minimum atomic E-state index is 0.0578. The maximum atomic E-state index is 8.56. The smallest absolute Gasteiger partial charge is 0.143 e. The molecule has 1 aromatic rings. The average Bonchev–Trinajstić information content (AvgIpc) is 2.36. The predicted molar refractivity (Wildman–Crippen MR) is 68.0 cm³/mol. The molecule has 0 aliphatic carbocycles. The summed E-state index contributed by atoms with van der Waals surface area (Å²) in [6, 6.07) is 4.03. The Hall–Kier alpha value is -1.62. The lowest BCUT2D eigenvalue weighted by Crippen LogP contribution is -2.33. The first-order valence-corrected chi connectivity index (χ1v) is 5.68. The van der Waals surface area contributed by atoms with Crippen LogP contribution in [0.15, 0.2) is 29.7 Å². The minimum Gasteiger partial charge on any atom is -0.409 e. The van der Waals surface area contributed by atoms with Crippen LogP contribution >= 0.6 is 0 Å². The van der Waals surface area contributed by atoms with Crippen LogP contribution in [0.25, 0.3) is 0 Å². The molecular formula is C12H20N4O. The average molecular weight is 236 g/mol. The molecule has 1 unspecified atom stereocenters. The van der Waals surface area contributed by atoms with E-state index >= 15 is 0 Å². The summed E-state index contributed by atoms with van der Waals surface area (Å²) in [4.78, 5) is 6.15. The van der Waals surface area contributed by atoms with Crippen LogP contribution in [0, 0.1) is 5.92 Å². The maximum Gasteiger partial charge on any atom is 0.143 e. The molecule has 1 aromatic heterocycles. The summed E-state index contributed by atoms with van der Waals surface area (Å²) in [5, 5.41) is 11.6. The van der Waals surface area contributed by atoms with E-state index in [-0.39, 0.29) is 11.8 Å². The van der Waals surface area contributed by atoms with Gasteiger partial charge in [0, 0.05) is 31.4 Å². The first-order valence-electron chi connectivity index (χ1n) is 5.68. The summed E-state index contributed by atoms with van der Waals surface area (Å²) in [5.41, 5.74) is 6.80. The van der Waals surface area contributed by atoms with Crippen molar-refractivity contribution in [2.75, 3.05) is 20.1 Å². The highest BCUT2D eigenvalue weighted by atomic mass is 16.4. The second kappa shape index (κ2) is 6.85. The fraction of sp³-hybridized carbons (Fsp3) is 0.500. The molecule has 0 aliphatic rings. The molecule has 0 amide bonds. The number of pyridine rings is 1. The van der Waals surface area contributed by atoms with Crippen molar-refractivity contribution in [2.45, 2.75) is 13.3 Å². The van der Waals surface area contributed by atoms with Gasteiger partial charge in [-0.3, -0.25) is 4.98 Å². The monoisotopic (exact) mass is 236 g/mol. The molecule has 1 heterocycles. The van der Waals surface area contributed by atoms with E-state index in [1.165, 1.54) is 5.56 Å². The van der Waals surface area contributed by atoms with Crippen LogP contribution in [-0.4, -0.2) is 41.1 Å². The Bertz CT molecular complexity index is 353. The highest BCUT2D eigenvalue weighted by molar-refractivity contribution is 5.82. The number of likely N-dealkylation sites (N-methyl/N-ethyl adjacent to an activating group) is 1. The van der Waals surface area contributed by atoms with Gasteiger partial charge in [-0.05, 0) is 31.2 Å². The molecule has 5 heteroatoms. The van der Waals surface area contributed by atoms with Gasteiger partial charge in [0.1, 0.15) is 5.84 Å². The number of hydrogen-bond donors (Lipinski definition) is 2. The molecule has 1 rings (SSSR count). The Labute approximate surface area is 102 Å². The third kappa shape index (κ3) is 4.82. The highest BCUT2D eigenvalue weighted by Gasteiger charge is 2.10. The molecule has 0 radical (unpaired) electrons. The Morgan fingerprint density at radius 2 is 2.18 bits per heavy atom. The van der Waals surface area contributed by atoms with Gasteiger partial charge >= 0.3 is 0 Å². The molecule has 0 aromatic carbocycles. The highest BCUT2D eigenvalue weighted by Crippen LogP contribution is 2.02. The van der Waals surface area contributed by atoms with Crippen molar-refractivity contribution >= 4 is 5.84 Å². The Kier molecular flexibility index (Phi) is 5.42. The summed E-state index contributed by atoms with van der Waals surface area (Å²) in [7, 11) is 2.03. The first kappa shape index (κ1) is 13.4. The van der Waals surface area contributed by atoms with Gasteiger partial charge in [-0.25, -0.2) is 0 Å². The number of oxime groups is 1. The SMILES string of the molecule is CC(CN(C)CCc1ccncc1)C(N)=NO. The van der Waals surface area contributed by atoms with Gasteiger partial charge in [-0.1, -0.05) is 12.1 Å². The summed E-state index contributed by atoms with van der Waals surface area (Å²) < 4.78 is 0. The number of amidine groups is 1. The van der Waals surface area contributed by atoms with Crippen molar-refractivity contribution in [1.29, 1.82) is 0 Å². The van der Waals surface area contributed by atoms with Gasteiger partial charge in [0.25, 0.3) is 0 Å². The van der Waals surface area contributed by atoms with E-state index in [4.69, 9.17) is 10.9 Å². The Balaban J connectivity index is 2.33. The van der Waals surface area contributed by atoms with E-state index in [9.17, 15) is 0 Å². The van der Waals surface area contributed by atoms with E-state index in [0.717, 1.165) is 19.5 Å². The number of rotatable bonds is 6. The van der Waals surface area contributed by atoms with E-state index in [2.05, 4.69) is 15.0 Å². The van der Waals surface area contributed by atoms with E-state index in [0.29, 0.717) is 0 Å². The normalized spacial score (nSPS) is 13.9. The van der Waals surface area contributed by atoms with E-state index in [1.807, 2.05) is 26.1 Å². The summed E-state index contributed by atoms with van der Waals surface area (Å²) in [6.07, 6.45) is 4.57. The molecule has 0 aliphatic heterocycles. The van der Waals surface area contributed by atoms with Gasteiger partial charge in [-0.2, -0.15) is 0 Å². The Morgan fingerprint density at radius 1 is 1.53 bits per heavy atom. The fourth-order valence-corrected chi connectivity index (χ4v) is 1.62. The quantitative estimate of drug-likeness (QED) is 0.333. The molecular weight excluding hydrogens is 216 g/mol. The number of nitrogens with zero attached hydrogens (tertiary/aromatic N) is 3. The lowest BCUT2D eigenvalue weighted by molar-refractivity contribution is 0.296. The van der Waals surface area contributed by atoms with Gasteiger partial charge < -0.3 is 15.8 Å². The lowest BCUT2D eigenvalue weighted by atomic mass is 10.1. The number of nitrogens with two attached hydrogens (primary N) is 1. The zero-order valence-electron chi connectivity index (χ0n) is 10.4. The fourth-order valence-electron chi connectivity index (χ4n) is 1.62.